The summed E-state index contributed by atoms with van der Waals surface area (Å²) >= 11 is 3.29. The third kappa shape index (κ3) is 3.87. The number of nitrogens with one attached hydrogen (secondary N) is 1. The molecule has 1 heterocycles. The predicted molar refractivity (Wildman–Crippen MR) is 91.7 cm³/mol. The molecule has 0 radical (unpaired) electrons. The number of aromatic nitrogens is 2. The summed E-state index contributed by atoms with van der Waals surface area (Å²) in [5.74, 6) is 0. The van der Waals surface area contributed by atoms with E-state index in [-0.39, 0.29) is 11.4 Å². The maximum absolute atomic E-state index is 12.2. The highest BCUT2D eigenvalue weighted by Crippen LogP contribution is 2.15. The molecule has 0 aliphatic carbocycles. The third-order valence-corrected chi connectivity index (χ3v) is 5.27. The molecule has 0 bridgehead atoms. The molecule has 1 aromatic heterocycles. The number of benzene rings is 2. The fourth-order valence-electron chi connectivity index (χ4n) is 2.07. The van der Waals surface area contributed by atoms with Crippen LogP contribution in [0.15, 0.2) is 76.6 Å². The van der Waals surface area contributed by atoms with E-state index in [1.165, 1.54) is 0 Å². The van der Waals surface area contributed by atoms with Gasteiger partial charge < -0.3 is 4.57 Å². The van der Waals surface area contributed by atoms with Gasteiger partial charge in [0.15, 0.2) is 0 Å². The second kappa shape index (κ2) is 6.66. The first-order valence-electron chi connectivity index (χ1n) is 6.87. The zero-order valence-electron chi connectivity index (χ0n) is 12.1. The van der Waals surface area contributed by atoms with Crippen molar-refractivity contribution in [3.8, 4) is 5.69 Å². The lowest BCUT2D eigenvalue weighted by Gasteiger charge is -2.08. The molecular weight excluding hydrogens is 378 g/mol. The highest BCUT2D eigenvalue weighted by atomic mass is 79.9. The van der Waals surface area contributed by atoms with E-state index in [1.807, 2.05) is 35.0 Å². The maximum Gasteiger partial charge on any atom is 0.240 e. The van der Waals surface area contributed by atoms with Crippen LogP contribution in [0.1, 0.15) is 5.56 Å². The zero-order valence-corrected chi connectivity index (χ0v) is 14.5. The van der Waals surface area contributed by atoms with Gasteiger partial charge in [-0.2, -0.15) is 0 Å². The van der Waals surface area contributed by atoms with Gasteiger partial charge in [-0.3, -0.25) is 0 Å². The van der Waals surface area contributed by atoms with Crippen molar-refractivity contribution in [1.29, 1.82) is 0 Å². The lowest BCUT2D eigenvalue weighted by atomic mass is 10.2. The molecule has 0 atom stereocenters. The molecule has 2 aromatic carbocycles. The topological polar surface area (TPSA) is 64.0 Å². The monoisotopic (exact) mass is 391 g/mol. The Morgan fingerprint density at radius 3 is 2.35 bits per heavy atom. The predicted octanol–water partition coefficient (Wildman–Crippen LogP) is 3.11. The molecule has 3 aromatic rings. The summed E-state index contributed by atoms with van der Waals surface area (Å²) in [4.78, 5) is 4.24. The van der Waals surface area contributed by atoms with Crippen molar-refractivity contribution >= 4 is 26.0 Å². The van der Waals surface area contributed by atoms with Gasteiger partial charge in [0, 0.05) is 29.1 Å². The van der Waals surface area contributed by atoms with Crippen LogP contribution in [0.2, 0.25) is 0 Å². The van der Waals surface area contributed by atoms with Gasteiger partial charge in [0.05, 0.1) is 11.2 Å². The maximum atomic E-state index is 12.2. The summed E-state index contributed by atoms with van der Waals surface area (Å²) in [5, 5.41) is 0. The molecule has 0 fully saturated rings. The van der Waals surface area contributed by atoms with E-state index in [2.05, 4.69) is 25.6 Å². The van der Waals surface area contributed by atoms with Crippen molar-refractivity contribution in [2.45, 2.75) is 11.4 Å². The van der Waals surface area contributed by atoms with Gasteiger partial charge in [-0.25, -0.2) is 18.1 Å². The second-order valence-corrected chi connectivity index (χ2v) is 7.60. The van der Waals surface area contributed by atoms with Crippen molar-refractivity contribution in [2.75, 3.05) is 0 Å². The lowest BCUT2D eigenvalue weighted by Crippen LogP contribution is -2.23. The van der Waals surface area contributed by atoms with Gasteiger partial charge in [-0.15, -0.1) is 0 Å². The van der Waals surface area contributed by atoms with E-state index in [1.54, 1.807) is 36.8 Å². The van der Waals surface area contributed by atoms with E-state index >= 15 is 0 Å². The Bertz CT molecular complexity index is 874. The highest BCUT2D eigenvalue weighted by molar-refractivity contribution is 9.10. The van der Waals surface area contributed by atoms with E-state index in [9.17, 15) is 8.42 Å². The first-order valence-corrected chi connectivity index (χ1v) is 9.15. The number of halogens is 1. The first kappa shape index (κ1) is 15.9. The smallest absolute Gasteiger partial charge is 0.240 e. The molecule has 0 amide bonds. The van der Waals surface area contributed by atoms with E-state index in [0.717, 1.165) is 15.7 Å². The van der Waals surface area contributed by atoms with Gasteiger partial charge in [0.1, 0.15) is 0 Å². The van der Waals surface area contributed by atoms with Gasteiger partial charge >= 0.3 is 0 Å². The summed E-state index contributed by atoms with van der Waals surface area (Å²) < 4.78 is 29.8. The molecule has 23 heavy (non-hydrogen) atoms. The van der Waals surface area contributed by atoms with Crippen LogP contribution in [0.25, 0.3) is 5.69 Å². The number of hydrogen-bond acceptors (Lipinski definition) is 3. The van der Waals surface area contributed by atoms with Crippen molar-refractivity contribution in [3.63, 3.8) is 0 Å². The summed E-state index contributed by atoms with van der Waals surface area (Å²) in [6.07, 6.45) is 5.27. The molecule has 5 nitrogen and oxygen atoms in total. The van der Waals surface area contributed by atoms with Crippen molar-refractivity contribution in [1.82, 2.24) is 14.3 Å². The zero-order chi connectivity index (χ0) is 16.3. The average Bonchev–Trinajstić information content (AvgIpc) is 3.08. The molecule has 0 spiro atoms. The second-order valence-electron chi connectivity index (χ2n) is 4.91. The standard InChI is InChI=1S/C16H14BrN3O2S/c17-14-3-7-16(8-4-14)23(21,22)19-11-13-1-5-15(6-2-13)20-10-9-18-12-20/h1-10,12,19H,11H2. The molecule has 0 saturated carbocycles. The van der Waals surface area contributed by atoms with Crippen LogP contribution in [0.5, 0.6) is 0 Å². The Labute approximate surface area is 143 Å². The fraction of sp³-hybridized carbons (Fsp3) is 0.0625. The Hall–Kier alpha value is -1.96. The van der Waals surface area contributed by atoms with Crippen LogP contribution in [0.3, 0.4) is 0 Å². The van der Waals surface area contributed by atoms with Crippen LogP contribution in [-0.2, 0) is 16.6 Å². The highest BCUT2D eigenvalue weighted by Gasteiger charge is 2.13. The Kier molecular flexibility index (Phi) is 4.61. The summed E-state index contributed by atoms with van der Waals surface area (Å²) in [7, 11) is -3.51. The van der Waals surface area contributed by atoms with Gasteiger partial charge in [0.25, 0.3) is 0 Å². The molecule has 0 aliphatic heterocycles. The number of sulfonamides is 1. The average molecular weight is 392 g/mol. The number of imidazole rings is 1. The van der Waals surface area contributed by atoms with Crippen LogP contribution in [-0.4, -0.2) is 18.0 Å². The van der Waals surface area contributed by atoms with E-state index in [4.69, 9.17) is 0 Å². The van der Waals surface area contributed by atoms with Gasteiger partial charge in [-0.05, 0) is 42.0 Å². The summed E-state index contributed by atoms with van der Waals surface area (Å²) in [6.45, 7) is 0.239. The molecule has 0 aliphatic rings. The van der Waals surface area contributed by atoms with E-state index in [0.29, 0.717) is 0 Å². The minimum atomic E-state index is -3.51. The number of rotatable bonds is 5. The Balaban J connectivity index is 1.69. The minimum Gasteiger partial charge on any atom is -0.306 e. The quantitative estimate of drug-likeness (QED) is 0.726. The van der Waals surface area contributed by atoms with Gasteiger partial charge in [-0.1, -0.05) is 28.1 Å². The molecule has 118 valence electrons. The molecular formula is C16H14BrN3O2S. The lowest BCUT2D eigenvalue weighted by molar-refractivity contribution is 0.581. The van der Waals surface area contributed by atoms with Gasteiger partial charge in [0.2, 0.25) is 10.0 Å². The van der Waals surface area contributed by atoms with Crippen LogP contribution < -0.4 is 4.72 Å². The first-order chi connectivity index (χ1) is 11.0. The van der Waals surface area contributed by atoms with Crippen molar-refractivity contribution in [3.05, 3.63) is 77.3 Å². The van der Waals surface area contributed by atoms with Crippen LogP contribution in [0.4, 0.5) is 0 Å². The SMILES string of the molecule is O=S(=O)(NCc1ccc(-n2ccnc2)cc1)c1ccc(Br)cc1. The summed E-state index contributed by atoms with van der Waals surface area (Å²) in [6, 6.07) is 14.2. The number of nitrogens with zero attached hydrogens (tertiary/aromatic N) is 2. The normalized spacial score (nSPS) is 11.5. The fourth-order valence-corrected chi connectivity index (χ4v) is 3.36. The number of hydrogen-bond donors (Lipinski definition) is 1. The third-order valence-electron chi connectivity index (χ3n) is 3.33. The molecule has 0 saturated heterocycles. The largest absolute Gasteiger partial charge is 0.306 e. The minimum absolute atomic E-state index is 0.239. The Morgan fingerprint density at radius 1 is 1.04 bits per heavy atom. The summed E-state index contributed by atoms with van der Waals surface area (Å²) in [5.41, 5.74) is 1.86. The molecule has 7 heteroatoms. The Morgan fingerprint density at radius 2 is 1.74 bits per heavy atom. The van der Waals surface area contributed by atoms with Crippen molar-refractivity contribution < 1.29 is 8.42 Å². The van der Waals surface area contributed by atoms with Crippen LogP contribution in [0, 0.1) is 0 Å². The van der Waals surface area contributed by atoms with Crippen molar-refractivity contribution in [2.24, 2.45) is 0 Å². The van der Waals surface area contributed by atoms with Crippen LogP contribution >= 0.6 is 15.9 Å². The molecule has 3 rings (SSSR count). The van der Waals surface area contributed by atoms with E-state index < -0.39 is 10.0 Å². The molecule has 1 N–H and O–H groups in total. The molecule has 0 unspecified atom stereocenters.